The van der Waals surface area contributed by atoms with Gasteiger partial charge in [-0.2, -0.15) is 0 Å². The zero-order valence-electron chi connectivity index (χ0n) is 8.73. The van der Waals surface area contributed by atoms with E-state index in [1.807, 2.05) is 30.3 Å². The molecule has 0 heterocycles. The van der Waals surface area contributed by atoms with Crippen molar-refractivity contribution in [2.24, 2.45) is 0 Å². The second-order valence-corrected chi connectivity index (χ2v) is 3.10. The summed E-state index contributed by atoms with van der Waals surface area (Å²) >= 11 is 0. The fourth-order valence-electron chi connectivity index (χ4n) is 1.06. The molecule has 1 aromatic carbocycles. The second-order valence-electron chi connectivity index (χ2n) is 3.10. The van der Waals surface area contributed by atoms with E-state index in [1.165, 1.54) is 7.11 Å². The van der Waals surface area contributed by atoms with Gasteiger partial charge in [-0.05, 0) is 5.56 Å². The first kappa shape index (κ1) is 11.5. The molecule has 0 saturated carbocycles. The lowest BCUT2D eigenvalue weighted by Gasteiger charge is -2.06. The Bertz CT molecular complexity index is 330. The average molecular weight is 206 g/mol. The van der Waals surface area contributed by atoms with Gasteiger partial charge in [0, 0.05) is 7.11 Å². The van der Waals surface area contributed by atoms with E-state index >= 15 is 0 Å². The first-order valence-electron chi connectivity index (χ1n) is 4.62. The maximum atomic E-state index is 11.3. The molecule has 0 aliphatic heterocycles. The Balaban J connectivity index is 2.38. The predicted molar refractivity (Wildman–Crippen MR) is 57.3 cm³/mol. The highest BCUT2D eigenvalue weighted by Gasteiger charge is 2.07. The lowest BCUT2D eigenvalue weighted by molar-refractivity contribution is -0.140. The van der Waals surface area contributed by atoms with Gasteiger partial charge < -0.3 is 9.47 Å². The third-order valence-electron chi connectivity index (χ3n) is 1.82. The summed E-state index contributed by atoms with van der Waals surface area (Å²) in [6.07, 6.45) is 0. The van der Waals surface area contributed by atoms with Gasteiger partial charge in [0.05, 0.1) is 12.2 Å². The molecule has 0 aromatic heterocycles. The summed E-state index contributed by atoms with van der Waals surface area (Å²) in [7, 11) is 1.51. The number of carbonyl (C=O) groups is 1. The van der Waals surface area contributed by atoms with Gasteiger partial charge in [0.2, 0.25) is 0 Å². The van der Waals surface area contributed by atoms with Crippen LogP contribution in [0.25, 0.3) is 0 Å². The van der Waals surface area contributed by atoms with Crippen molar-refractivity contribution < 1.29 is 14.3 Å². The molecule has 3 nitrogen and oxygen atoms in total. The van der Waals surface area contributed by atoms with Crippen LogP contribution < -0.4 is 0 Å². The van der Waals surface area contributed by atoms with Gasteiger partial charge in [0.15, 0.2) is 0 Å². The Labute approximate surface area is 89.3 Å². The molecule has 0 atom stereocenters. The highest BCUT2D eigenvalue weighted by molar-refractivity contribution is 5.87. The van der Waals surface area contributed by atoms with E-state index in [-0.39, 0.29) is 13.2 Å². The zero-order valence-corrected chi connectivity index (χ0v) is 8.73. The van der Waals surface area contributed by atoms with Crippen LogP contribution >= 0.6 is 0 Å². The lowest BCUT2D eigenvalue weighted by Crippen LogP contribution is -2.10. The van der Waals surface area contributed by atoms with Crippen LogP contribution in [0.15, 0.2) is 42.5 Å². The third-order valence-corrected chi connectivity index (χ3v) is 1.82. The first-order chi connectivity index (χ1) is 7.24. The number of rotatable bonds is 5. The second kappa shape index (κ2) is 5.98. The van der Waals surface area contributed by atoms with Crippen LogP contribution in [-0.2, 0) is 20.9 Å². The molecular formula is C12H14O3. The number of carbonyl (C=O) groups excluding carboxylic acids is 1. The lowest BCUT2D eigenvalue weighted by atomic mass is 10.2. The topological polar surface area (TPSA) is 35.5 Å². The number of benzene rings is 1. The van der Waals surface area contributed by atoms with Crippen molar-refractivity contribution in [1.29, 1.82) is 0 Å². The van der Waals surface area contributed by atoms with Gasteiger partial charge in [-0.1, -0.05) is 36.9 Å². The Hall–Kier alpha value is -1.61. The zero-order chi connectivity index (χ0) is 11.1. The summed E-state index contributed by atoms with van der Waals surface area (Å²) in [4.78, 5) is 11.3. The molecule has 3 heteroatoms. The summed E-state index contributed by atoms with van der Waals surface area (Å²) in [5.74, 6) is -0.416. The minimum absolute atomic E-state index is 0.202. The highest BCUT2D eigenvalue weighted by Crippen LogP contribution is 2.03. The van der Waals surface area contributed by atoms with Crippen molar-refractivity contribution in [3.8, 4) is 0 Å². The Morgan fingerprint density at radius 1 is 1.33 bits per heavy atom. The molecule has 0 N–H and O–H groups in total. The van der Waals surface area contributed by atoms with Gasteiger partial charge in [-0.15, -0.1) is 0 Å². The molecule has 0 aliphatic rings. The summed E-state index contributed by atoms with van der Waals surface area (Å²) in [6, 6.07) is 9.49. The quantitative estimate of drug-likeness (QED) is 0.545. The number of esters is 1. The fourth-order valence-corrected chi connectivity index (χ4v) is 1.06. The maximum Gasteiger partial charge on any atom is 0.336 e. The van der Waals surface area contributed by atoms with Gasteiger partial charge in [-0.25, -0.2) is 4.79 Å². The molecule has 1 rings (SSSR count). The molecule has 15 heavy (non-hydrogen) atoms. The summed E-state index contributed by atoms with van der Waals surface area (Å²) in [6.45, 7) is 4.03. The third kappa shape index (κ3) is 3.95. The molecule has 1 aromatic rings. The number of hydrogen-bond donors (Lipinski definition) is 0. The summed E-state index contributed by atoms with van der Waals surface area (Å²) in [5.41, 5.74) is 1.28. The molecular weight excluding hydrogens is 192 g/mol. The molecule has 0 aliphatic carbocycles. The van der Waals surface area contributed by atoms with Gasteiger partial charge in [0.25, 0.3) is 0 Å². The molecule has 0 amide bonds. The average Bonchev–Trinajstić information content (AvgIpc) is 2.27. The summed E-state index contributed by atoms with van der Waals surface area (Å²) < 4.78 is 9.80. The smallest absolute Gasteiger partial charge is 0.336 e. The van der Waals surface area contributed by atoms with Crippen LogP contribution in [-0.4, -0.2) is 19.7 Å². The fraction of sp³-hybridized carbons (Fsp3) is 0.250. The van der Waals surface area contributed by atoms with Gasteiger partial charge >= 0.3 is 5.97 Å². The van der Waals surface area contributed by atoms with Crippen molar-refractivity contribution >= 4 is 5.97 Å². The molecule has 0 radical (unpaired) electrons. The molecule has 0 spiro atoms. The Kier molecular flexibility index (Phi) is 4.57. The highest BCUT2D eigenvalue weighted by atomic mass is 16.5. The Morgan fingerprint density at radius 2 is 2.00 bits per heavy atom. The van der Waals surface area contributed by atoms with Crippen molar-refractivity contribution in [2.45, 2.75) is 6.61 Å². The van der Waals surface area contributed by atoms with Crippen LogP contribution in [0.1, 0.15) is 5.56 Å². The van der Waals surface area contributed by atoms with Crippen LogP contribution in [0.2, 0.25) is 0 Å². The Morgan fingerprint density at radius 3 is 2.60 bits per heavy atom. The predicted octanol–water partition coefficient (Wildman–Crippen LogP) is 1.93. The van der Waals surface area contributed by atoms with E-state index in [2.05, 4.69) is 6.58 Å². The molecule has 80 valence electrons. The van der Waals surface area contributed by atoms with Crippen LogP contribution in [0, 0.1) is 0 Å². The van der Waals surface area contributed by atoms with Crippen molar-refractivity contribution in [2.75, 3.05) is 13.7 Å². The number of hydrogen-bond acceptors (Lipinski definition) is 3. The van der Waals surface area contributed by atoms with Crippen LogP contribution in [0.4, 0.5) is 0 Å². The largest absolute Gasteiger partial charge is 0.457 e. The van der Waals surface area contributed by atoms with Crippen LogP contribution in [0.5, 0.6) is 0 Å². The van der Waals surface area contributed by atoms with Crippen molar-refractivity contribution in [3.63, 3.8) is 0 Å². The molecule has 0 fully saturated rings. The number of ether oxygens (including phenoxy) is 2. The SMILES string of the molecule is C=C(COC)C(=O)OCc1ccccc1. The van der Waals surface area contributed by atoms with E-state index in [0.29, 0.717) is 5.57 Å². The van der Waals surface area contributed by atoms with E-state index < -0.39 is 5.97 Å². The van der Waals surface area contributed by atoms with E-state index in [9.17, 15) is 4.79 Å². The van der Waals surface area contributed by atoms with Gasteiger partial charge in [-0.3, -0.25) is 0 Å². The molecule has 0 saturated heterocycles. The first-order valence-corrected chi connectivity index (χ1v) is 4.62. The van der Waals surface area contributed by atoms with E-state index in [0.717, 1.165) is 5.56 Å². The standard InChI is InChI=1S/C12H14O3/c1-10(8-14-2)12(13)15-9-11-6-4-3-5-7-11/h3-7H,1,8-9H2,2H3. The van der Waals surface area contributed by atoms with Crippen LogP contribution in [0.3, 0.4) is 0 Å². The van der Waals surface area contributed by atoms with Crippen molar-refractivity contribution in [1.82, 2.24) is 0 Å². The maximum absolute atomic E-state index is 11.3. The normalized spacial score (nSPS) is 9.67. The molecule has 0 bridgehead atoms. The monoisotopic (exact) mass is 206 g/mol. The summed E-state index contributed by atoms with van der Waals surface area (Å²) in [5, 5.41) is 0. The minimum atomic E-state index is -0.416. The number of methoxy groups -OCH3 is 1. The minimum Gasteiger partial charge on any atom is -0.457 e. The van der Waals surface area contributed by atoms with Gasteiger partial charge in [0.1, 0.15) is 6.61 Å². The van der Waals surface area contributed by atoms with E-state index in [1.54, 1.807) is 0 Å². The molecule has 0 unspecified atom stereocenters. The van der Waals surface area contributed by atoms with E-state index in [4.69, 9.17) is 9.47 Å². The van der Waals surface area contributed by atoms with Crippen molar-refractivity contribution in [3.05, 3.63) is 48.0 Å².